The molecule has 152 valence electrons. The number of esters is 1. The Morgan fingerprint density at radius 1 is 1.13 bits per heavy atom. The number of nitrogens with zero attached hydrogens (tertiary/aromatic N) is 4. The van der Waals surface area contributed by atoms with E-state index >= 15 is 0 Å². The summed E-state index contributed by atoms with van der Waals surface area (Å²) in [4.78, 5) is 28.9. The lowest BCUT2D eigenvalue weighted by Crippen LogP contribution is -2.15. The first-order chi connectivity index (χ1) is 14.5. The number of ether oxygens (including phenoxy) is 1. The van der Waals surface area contributed by atoms with E-state index in [1.165, 1.54) is 6.33 Å². The zero-order valence-corrected chi connectivity index (χ0v) is 16.6. The minimum absolute atomic E-state index is 0.249. The summed E-state index contributed by atoms with van der Waals surface area (Å²) in [5.41, 5.74) is 3.40. The lowest BCUT2D eigenvalue weighted by atomic mass is 10.1. The monoisotopic (exact) mass is 404 g/mol. The summed E-state index contributed by atoms with van der Waals surface area (Å²) >= 11 is 0. The fourth-order valence-electron chi connectivity index (χ4n) is 3.27. The summed E-state index contributed by atoms with van der Waals surface area (Å²) in [7, 11) is 0. The summed E-state index contributed by atoms with van der Waals surface area (Å²) in [6, 6.07) is 12.2. The largest absolute Gasteiger partial charge is 0.467 e. The molecule has 4 rings (SSSR count). The molecule has 30 heavy (non-hydrogen) atoms. The lowest BCUT2D eigenvalue weighted by Gasteiger charge is -2.08. The number of aryl methyl sites for hydroxylation is 1. The van der Waals surface area contributed by atoms with E-state index in [1.807, 2.05) is 30.5 Å². The second-order valence-corrected chi connectivity index (χ2v) is 6.84. The molecule has 1 aromatic carbocycles. The van der Waals surface area contributed by atoms with Gasteiger partial charge in [0.2, 0.25) is 5.78 Å². The molecule has 0 radical (unpaired) electrons. The van der Waals surface area contributed by atoms with E-state index in [1.54, 1.807) is 47.6 Å². The average molecular weight is 404 g/mol. The molecule has 0 aliphatic rings. The number of furan rings is 1. The van der Waals surface area contributed by atoms with E-state index in [4.69, 9.17) is 9.15 Å². The van der Waals surface area contributed by atoms with Gasteiger partial charge in [-0.2, -0.15) is 5.10 Å². The Morgan fingerprint density at radius 2 is 1.93 bits per heavy atom. The van der Waals surface area contributed by atoms with E-state index < -0.39 is 5.97 Å². The van der Waals surface area contributed by atoms with E-state index in [2.05, 4.69) is 10.1 Å². The van der Waals surface area contributed by atoms with E-state index in [-0.39, 0.29) is 12.4 Å². The Balaban J connectivity index is 1.40. The average Bonchev–Trinajstić information content (AvgIpc) is 3.51. The molecule has 0 fully saturated rings. The van der Waals surface area contributed by atoms with Crippen LogP contribution >= 0.6 is 0 Å². The summed E-state index contributed by atoms with van der Waals surface area (Å²) in [5.74, 6) is -0.00386. The van der Waals surface area contributed by atoms with Crippen LogP contribution in [0.2, 0.25) is 0 Å². The van der Waals surface area contributed by atoms with E-state index in [0.717, 1.165) is 22.8 Å². The zero-order chi connectivity index (χ0) is 21.1. The summed E-state index contributed by atoms with van der Waals surface area (Å²) in [5, 5.41) is 4.03. The van der Waals surface area contributed by atoms with Crippen molar-refractivity contribution in [2.45, 2.75) is 20.4 Å². The zero-order valence-electron chi connectivity index (χ0n) is 16.6. The van der Waals surface area contributed by atoms with E-state index in [0.29, 0.717) is 17.7 Å². The second kappa shape index (κ2) is 8.20. The third-order valence-corrected chi connectivity index (χ3v) is 4.89. The minimum Gasteiger partial charge on any atom is -0.467 e. The van der Waals surface area contributed by atoms with Crippen molar-refractivity contribution in [3.63, 3.8) is 0 Å². The third-order valence-electron chi connectivity index (χ3n) is 4.89. The van der Waals surface area contributed by atoms with Gasteiger partial charge in [-0.25, -0.2) is 14.5 Å². The Hall–Kier alpha value is -3.94. The van der Waals surface area contributed by atoms with Crippen molar-refractivity contribution in [1.29, 1.82) is 0 Å². The van der Waals surface area contributed by atoms with Crippen LogP contribution in [0.15, 0.2) is 65.8 Å². The fourth-order valence-corrected chi connectivity index (χ4v) is 3.27. The number of hydrogen-bond donors (Lipinski definition) is 0. The van der Waals surface area contributed by atoms with Crippen molar-refractivity contribution in [2.75, 3.05) is 6.61 Å². The minimum atomic E-state index is -0.558. The van der Waals surface area contributed by atoms with Crippen molar-refractivity contribution in [3.05, 3.63) is 89.7 Å². The standard InChI is InChI=1S/C22H20N4O4/c1-15-10-20(16(2)25(15)11-19-4-3-9-29-19)21(27)12-30-22(28)17-5-7-18(8-6-17)26-14-23-13-24-26/h3-10,13-14H,11-12H2,1-2H3. The highest BCUT2D eigenvalue weighted by Gasteiger charge is 2.18. The summed E-state index contributed by atoms with van der Waals surface area (Å²) < 4.78 is 14.2. The first-order valence-electron chi connectivity index (χ1n) is 9.37. The van der Waals surface area contributed by atoms with Crippen LogP contribution in [-0.2, 0) is 11.3 Å². The number of Topliss-reactive ketones (excluding diaryl/α,β-unsaturated/α-hetero) is 1. The fraction of sp³-hybridized carbons (Fsp3) is 0.182. The number of aromatic nitrogens is 4. The first-order valence-corrected chi connectivity index (χ1v) is 9.37. The molecule has 0 spiro atoms. The smallest absolute Gasteiger partial charge is 0.338 e. The molecule has 0 N–H and O–H groups in total. The topological polar surface area (TPSA) is 92.2 Å². The second-order valence-electron chi connectivity index (χ2n) is 6.84. The van der Waals surface area contributed by atoms with Crippen LogP contribution in [0.3, 0.4) is 0 Å². The van der Waals surface area contributed by atoms with Crippen molar-refractivity contribution in [2.24, 2.45) is 0 Å². The number of carbonyl (C=O) groups is 2. The molecule has 0 aliphatic heterocycles. The van der Waals surface area contributed by atoms with Gasteiger partial charge in [-0.15, -0.1) is 0 Å². The molecule has 0 amide bonds. The highest BCUT2D eigenvalue weighted by molar-refractivity contribution is 6.00. The van der Waals surface area contributed by atoms with Crippen LogP contribution in [0, 0.1) is 13.8 Å². The quantitative estimate of drug-likeness (QED) is 0.346. The van der Waals surface area contributed by atoms with Gasteiger partial charge in [0, 0.05) is 17.0 Å². The Morgan fingerprint density at radius 3 is 2.60 bits per heavy atom. The van der Waals surface area contributed by atoms with Gasteiger partial charge in [-0.05, 0) is 56.3 Å². The molecule has 3 aromatic heterocycles. The predicted molar refractivity (Wildman–Crippen MR) is 108 cm³/mol. The molecular formula is C22H20N4O4. The van der Waals surface area contributed by atoms with Gasteiger partial charge in [0.05, 0.1) is 24.1 Å². The van der Waals surface area contributed by atoms with Crippen LogP contribution in [0.1, 0.15) is 37.9 Å². The van der Waals surface area contributed by atoms with Gasteiger partial charge in [0.1, 0.15) is 18.4 Å². The van der Waals surface area contributed by atoms with Crippen molar-refractivity contribution in [1.82, 2.24) is 19.3 Å². The molecule has 0 saturated carbocycles. The summed E-state index contributed by atoms with van der Waals surface area (Å²) in [6.45, 7) is 4.01. The third kappa shape index (κ3) is 3.93. The van der Waals surface area contributed by atoms with Crippen LogP contribution in [0.5, 0.6) is 0 Å². The highest BCUT2D eigenvalue weighted by Crippen LogP contribution is 2.18. The number of hydrogen-bond acceptors (Lipinski definition) is 6. The molecule has 0 unspecified atom stereocenters. The van der Waals surface area contributed by atoms with Crippen molar-refractivity contribution < 1.29 is 18.7 Å². The molecule has 3 heterocycles. The van der Waals surface area contributed by atoms with Crippen LogP contribution in [-0.4, -0.2) is 37.7 Å². The number of carbonyl (C=O) groups excluding carboxylic acids is 2. The van der Waals surface area contributed by atoms with Gasteiger partial charge in [-0.3, -0.25) is 4.79 Å². The van der Waals surface area contributed by atoms with Crippen LogP contribution in [0.4, 0.5) is 0 Å². The van der Waals surface area contributed by atoms with Gasteiger partial charge < -0.3 is 13.7 Å². The van der Waals surface area contributed by atoms with Crippen molar-refractivity contribution >= 4 is 11.8 Å². The number of rotatable bonds is 7. The predicted octanol–water partition coefficient (Wildman–Crippen LogP) is 3.37. The molecule has 0 aliphatic carbocycles. The normalized spacial score (nSPS) is 10.9. The van der Waals surface area contributed by atoms with Gasteiger partial charge in [0.25, 0.3) is 0 Å². The maximum Gasteiger partial charge on any atom is 0.338 e. The van der Waals surface area contributed by atoms with Gasteiger partial charge >= 0.3 is 5.97 Å². The highest BCUT2D eigenvalue weighted by atomic mass is 16.5. The molecule has 8 nitrogen and oxygen atoms in total. The maximum absolute atomic E-state index is 12.6. The maximum atomic E-state index is 12.6. The van der Waals surface area contributed by atoms with Gasteiger partial charge in [-0.1, -0.05) is 0 Å². The first kappa shape index (κ1) is 19.4. The molecular weight excluding hydrogens is 384 g/mol. The number of ketones is 1. The molecule has 0 saturated heterocycles. The lowest BCUT2D eigenvalue weighted by molar-refractivity contribution is 0.0474. The molecule has 8 heteroatoms. The van der Waals surface area contributed by atoms with Crippen LogP contribution < -0.4 is 0 Å². The Bertz CT molecular complexity index is 1160. The Labute approximate surface area is 172 Å². The van der Waals surface area contributed by atoms with Gasteiger partial charge in [0.15, 0.2) is 6.61 Å². The van der Waals surface area contributed by atoms with Crippen LogP contribution in [0.25, 0.3) is 5.69 Å². The van der Waals surface area contributed by atoms with E-state index in [9.17, 15) is 9.59 Å². The summed E-state index contributed by atoms with van der Waals surface area (Å²) in [6.07, 6.45) is 4.61. The number of benzene rings is 1. The molecule has 0 bridgehead atoms. The molecule has 4 aromatic rings. The Kier molecular flexibility index (Phi) is 5.30. The SMILES string of the molecule is Cc1cc(C(=O)COC(=O)c2ccc(-n3cncn3)cc2)c(C)n1Cc1ccco1. The molecule has 0 atom stereocenters. The van der Waals surface area contributed by atoms with Crippen molar-refractivity contribution in [3.8, 4) is 5.69 Å².